The SMILES string of the molecule is CSCC(C)C(=O)Nc1ccccc1C(=O)NCCN. The van der Waals surface area contributed by atoms with E-state index in [1.165, 1.54) is 0 Å². The molecule has 4 N–H and O–H groups in total. The second-order valence-corrected chi connectivity index (χ2v) is 5.35. The molecule has 0 fully saturated rings. The molecule has 110 valence electrons. The van der Waals surface area contributed by atoms with Gasteiger partial charge in [0, 0.05) is 24.8 Å². The molecular formula is C14H21N3O2S. The lowest BCUT2D eigenvalue weighted by Gasteiger charge is -2.14. The predicted octanol–water partition coefficient (Wildman–Crippen LogP) is 1.31. The summed E-state index contributed by atoms with van der Waals surface area (Å²) in [6, 6.07) is 6.95. The van der Waals surface area contributed by atoms with E-state index in [1.807, 2.05) is 13.2 Å². The number of carbonyl (C=O) groups is 2. The third-order valence-corrected chi connectivity index (χ3v) is 3.56. The normalized spacial score (nSPS) is 11.8. The van der Waals surface area contributed by atoms with E-state index in [4.69, 9.17) is 5.73 Å². The summed E-state index contributed by atoms with van der Waals surface area (Å²) in [5.74, 6) is 0.320. The van der Waals surface area contributed by atoms with Gasteiger partial charge in [0.05, 0.1) is 11.3 Å². The van der Waals surface area contributed by atoms with E-state index in [0.717, 1.165) is 5.75 Å². The molecule has 6 heteroatoms. The van der Waals surface area contributed by atoms with Crippen LogP contribution >= 0.6 is 11.8 Å². The molecule has 0 aliphatic heterocycles. The highest BCUT2D eigenvalue weighted by molar-refractivity contribution is 7.98. The van der Waals surface area contributed by atoms with Crippen LogP contribution in [0.3, 0.4) is 0 Å². The lowest BCUT2D eigenvalue weighted by atomic mass is 10.1. The molecule has 5 nitrogen and oxygen atoms in total. The first-order chi connectivity index (χ1) is 9.60. The summed E-state index contributed by atoms with van der Waals surface area (Å²) in [6.45, 7) is 2.65. The Morgan fingerprint density at radius 2 is 2.05 bits per heavy atom. The zero-order valence-corrected chi connectivity index (χ0v) is 12.6. The fraction of sp³-hybridized carbons (Fsp3) is 0.429. The summed E-state index contributed by atoms with van der Waals surface area (Å²) < 4.78 is 0. The highest BCUT2D eigenvalue weighted by Gasteiger charge is 2.16. The Labute approximate surface area is 123 Å². The highest BCUT2D eigenvalue weighted by atomic mass is 32.2. The van der Waals surface area contributed by atoms with E-state index in [1.54, 1.807) is 36.0 Å². The molecule has 0 aliphatic rings. The zero-order valence-electron chi connectivity index (χ0n) is 11.8. The second kappa shape index (κ2) is 8.60. The summed E-state index contributed by atoms with van der Waals surface area (Å²) >= 11 is 1.62. The topological polar surface area (TPSA) is 84.2 Å². The number of anilines is 1. The molecule has 1 aromatic rings. The molecule has 0 aliphatic carbocycles. The van der Waals surface area contributed by atoms with Crippen molar-refractivity contribution >= 4 is 29.3 Å². The van der Waals surface area contributed by atoms with Crippen molar-refractivity contribution in [2.75, 3.05) is 30.4 Å². The van der Waals surface area contributed by atoms with E-state index in [0.29, 0.717) is 24.3 Å². The Bertz CT molecular complexity index is 465. The molecule has 0 saturated carbocycles. The highest BCUT2D eigenvalue weighted by Crippen LogP contribution is 2.16. The molecule has 0 aromatic heterocycles. The minimum absolute atomic E-state index is 0.0848. The van der Waals surface area contributed by atoms with E-state index in [-0.39, 0.29) is 17.7 Å². The Morgan fingerprint density at radius 3 is 2.70 bits per heavy atom. The van der Waals surface area contributed by atoms with Crippen molar-refractivity contribution in [3.05, 3.63) is 29.8 Å². The maximum Gasteiger partial charge on any atom is 0.253 e. The predicted molar refractivity (Wildman–Crippen MR) is 84.0 cm³/mol. The van der Waals surface area contributed by atoms with Crippen LogP contribution in [0.1, 0.15) is 17.3 Å². The maximum atomic E-state index is 12.0. The molecule has 0 bridgehead atoms. The molecule has 0 heterocycles. The number of hydrogen-bond donors (Lipinski definition) is 3. The van der Waals surface area contributed by atoms with Crippen molar-refractivity contribution < 1.29 is 9.59 Å². The summed E-state index contributed by atoms with van der Waals surface area (Å²) in [5, 5.41) is 5.51. The fourth-order valence-electron chi connectivity index (χ4n) is 1.65. The Hall–Kier alpha value is -1.53. The molecule has 0 spiro atoms. The minimum Gasteiger partial charge on any atom is -0.351 e. The lowest BCUT2D eigenvalue weighted by molar-refractivity contribution is -0.118. The van der Waals surface area contributed by atoms with E-state index in [2.05, 4.69) is 10.6 Å². The Morgan fingerprint density at radius 1 is 1.35 bits per heavy atom. The smallest absolute Gasteiger partial charge is 0.253 e. The van der Waals surface area contributed by atoms with Gasteiger partial charge in [0.25, 0.3) is 5.91 Å². The first-order valence-electron chi connectivity index (χ1n) is 6.47. The summed E-state index contributed by atoms with van der Waals surface area (Å²) in [6.07, 6.45) is 1.96. The number of nitrogens with two attached hydrogens (primary N) is 1. The van der Waals surface area contributed by atoms with Gasteiger partial charge in [-0.15, -0.1) is 0 Å². The first-order valence-corrected chi connectivity index (χ1v) is 7.86. The maximum absolute atomic E-state index is 12.0. The number of carbonyl (C=O) groups excluding carboxylic acids is 2. The molecule has 0 radical (unpaired) electrons. The molecule has 2 amide bonds. The molecule has 0 saturated heterocycles. The molecular weight excluding hydrogens is 274 g/mol. The summed E-state index contributed by atoms with van der Waals surface area (Å²) in [4.78, 5) is 24.0. The van der Waals surface area contributed by atoms with E-state index in [9.17, 15) is 9.59 Å². The van der Waals surface area contributed by atoms with Crippen molar-refractivity contribution in [1.82, 2.24) is 5.32 Å². The molecule has 20 heavy (non-hydrogen) atoms. The average molecular weight is 295 g/mol. The van der Waals surface area contributed by atoms with Gasteiger partial charge in [-0.1, -0.05) is 19.1 Å². The van der Waals surface area contributed by atoms with Crippen LogP contribution in [0.2, 0.25) is 0 Å². The van der Waals surface area contributed by atoms with Crippen LogP contribution in [-0.4, -0.2) is 36.9 Å². The minimum atomic E-state index is -0.233. The summed E-state index contributed by atoms with van der Waals surface area (Å²) in [5.41, 5.74) is 6.34. The summed E-state index contributed by atoms with van der Waals surface area (Å²) in [7, 11) is 0. The number of thioether (sulfide) groups is 1. The Balaban J connectivity index is 2.80. The van der Waals surface area contributed by atoms with Crippen LogP contribution in [0.4, 0.5) is 5.69 Å². The van der Waals surface area contributed by atoms with Crippen molar-refractivity contribution in [2.45, 2.75) is 6.92 Å². The quantitative estimate of drug-likeness (QED) is 0.708. The number of para-hydroxylation sites is 1. The van der Waals surface area contributed by atoms with Gasteiger partial charge in [0.15, 0.2) is 0 Å². The van der Waals surface area contributed by atoms with Crippen LogP contribution in [0.25, 0.3) is 0 Å². The number of benzene rings is 1. The first kappa shape index (κ1) is 16.5. The zero-order chi connectivity index (χ0) is 15.0. The van der Waals surface area contributed by atoms with Crippen LogP contribution in [0.15, 0.2) is 24.3 Å². The largest absolute Gasteiger partial charge is 0.351 e. The van der Waals surface area contributed by atoms with Crippen molar-refractivity contribution in [3.8, 4) is 0 Å². The van der Waals surface area contributed by atoms with Gasteiger partial charge in [0.2, 0.25) is 5.91 Å². The number of hydrogen-bond acceptors (Lipinski definition) is 4. The monoisotopic (exact) mass is 295 g/mol. The average Bonchev–Trinajstić information content (AvgIpc) is 2.45. The number of nitrogens with one attached hydrogen (secondary N) is 2. The number of rotatable bonds is 7. The second-order valence-electron chi connectivity index (χ2n) is 4.44. The molecule has 1 unspecified atom stereocenters. The van der Waals surface area contributed by atoms with Crippen LogP contribution in [0.5, 0.6) is 0 Å². The van der Waals surface area contributed by atoms with Crippen LogP contribution < -0.4 is 16.4 Å². The van der Waals surface area contributed by atoms with Crippen molar-refractivity contribution in [1.29, 1.82) is 0 Å². The van der Waals surface area contributed by atoms with Gasteiger partial charge < -0.3 is 16.4 Å². The standard InChI is InChI=1S/C14H21N3O2S/c1-10(9-20-2)13(18)17-12-6-4-3-5-11(12)14(19)16-8-7-15/h3-6,10H,7-9,15H2,1-2H3,(H,16,19)(H,17,18). The van der Waals surface area contributed by atoms with Crippen molar-refractivity contribution in [2.24, 2.45) is 11.7 Å². The van der Waals surface area contributed by atoms with Gasteiger partial charge in [-0.25, -0.2) is 0 Å². The third-order valence-electron chi connectivity index (χ3n) is 2.72. The number of amides is 2. The fourth-order valence-corrected chi connectivity index (χ4v) is 2.30. The lowest BCUT2D eigenvalue weighted by Crippen LogP contribution is -2.30. The van der Waals surface area contributed by atoms with Gasteiger partial charge >= 0.3 is 0 Å². The van der Waals surface area contributed by atoms with Crippen LogP contribution in [0, 0.1) is 5.92 Å². The van der Waals surface area contributed by atoms with E-state index >= 15 is 0 Å². The van der Waals surface area contributed by atoms with Gasteiger partial charge in [-0.05, 0) is 18.4 Å². The van der Waals surface area contributed by atoms with E-state index < -0.39 is 0 Å². The van der Waals surface area contributed by atoms with Gasteiger partial charge in [-0.3, -0.25) is 9.59 Å². The van der Waals surface area contributed by atoms with Crippen LogP contribution in [-0.2, 0) is 4.79 Å². The third kappa shape index (κ3) is 4.86. The molecule has 1 atom stereocenters. The van der Waals surface area contributed by atoms with Crippen molar-refractivity contribution in [3.63, 3.8) is 0 Å². The molecule has 1 aromatic carbocycles. The Kier molecular flexibility index (Phi) is 7.11. The molecule has 1 rings (SSSR count). The van der Waals surface area contributed by atoms with Gasteiger partial charge in [-0.2, -0.15) is 11.8 Å². The van der Waals surface area contributed by atoms with Gasteiger partial charge in [0.1, 0.15) is 0 Å².